The van der Waals surface area contributed by atoms with Crippen molar-refractivity contribution in [2.45, 2.75) is 0 Å². The van der Waals surface area contributed by atoms with Crippen molar-refractivity contribution in [2.24, 2.45) is 0 Å². The Balaban J connectivity index is 2.73. The first-order valence-electron chi connectivity index (χ1n) is 4.80. The minimum Gasteiger partial charge on any atom is -0.397 e. The molecule has 0 unspecified atom stereocenters. The fraction of sp³-hybridized carbons (Fsp3) is 0. The number of halogens is 1. The highest BCUT2D eigenvalue weighted by Gasteiger charge is 2.06. The summed E-state index contributed by atoms with van der Waals surface area (Å²) < 4.78 is 1.31. The minimum atomic E-state index is -0.413. The van der Waals surface area contributed by atoms with Crippen molar-refractivity contribution in [3.8, 4) is 11.8 Å². The van der Waals surface area contributed by atoms with E-state index < -0.39 is 5.56 Å². The van der Waals surface area contributed by atoms with Gasteiger partial charge in [-0.1, -0.05) is 17.7 Å². The van der Waals surface area contributed by atoms with Crippen LogP contribution in [0.2, 0.25) is 5.02 Å². The Kier molecular flexibility index (Phi) is 2.86. The number of nitrogen functional groups attached to an aromatic ring is 1. The predicted octanol–water partition coefficient (Wildman–Crippen LogP) is 1.94. The van der Waals surface area contributed by atoms with Gasteiger partial charge in [-0.15, -0.1) is 0 Å². The summed E-state index contributed by atoms with van der Waals surface area (Å²) in [6, 6.07) is 9.93. The molecule has 1 aromatic heterocycles. The molecule has 0 amide bonds. The maximum Gasteiger partial charge on any atom is 0.273 e. The van der Waals surface area contributed by atoms with Crippen LogP contribution in [0.5, 0.6) is 0 Å². The number of hydrogen-bond donors (Lipinski definition) is 1. The second-order valence-corrected chi connectivity index (χ2v) is 3.89. The van der Waals surface area contributed by atoms with E-state index in [1.54, 1.807) is 24.3 Å². The maximum atomic E-state index is 11.9. The molecule has 5 heteroatoms. The van der Waals surface area contributed by atoms with Gasteiger partial charge in [0.15, 0.2) is 0 Å². The SMILES string of the molecule is N#Cc1cc(N)cn(-c2cccc(Cl)c2)c1=O. The first kappa shape index (κ1) is 11.2. The molecule has 4 nitrogen and oxygen atoms in total. The van der Waals surface area contributed by atoms with Crippen LogP contribution in [-0.2, 0) is 0 Å². The van der Waals surface area contributed by atoms with Crippen LogP contribution in [0.15, 0.2) is 41.3 Å². The number of anilines is 1. The van der Waals surface area contributed by atoms with Gasteiger partial charge >= 0.3 is 0 Å². The van der Waals surface area contributed by atoms with Crippen molar-refractivity contribution < 1.29 is 0 Å². The number of nitrogens with zero attached hydrogens (tertiary/aromatic N) is 2. The van der Waals surface area contributed by atoms with Crippen LogP contribution in [0.3, 0.4) is 0 Å². The second kappa shape index (κ2) is 4.32. The second-order valence-electron chi connectivity index (χ2n) is 3.45. The third kappa shape index (κ3) is 2.14. The first-order valence-corrected chi connectivity index (χ1v) is 5.18. The van der Waals surface area contributed by atoms with Gasteiger partial charge in [0.1, 0.15) is 11.6 Å². The Morgan fingerprint density at radius 2 is 2.12 bits per heavy atom. The Labute approximate surface area is 102 Å². The summed E-state index contributed by atoms with van der Waals surface area (Å²) in [7, 11) is 0. The number of pyridine rings is 1. The predicted molar refractivity (Wildman–Crippen MR) is 66.2 cm³/mol. The molecule has 1 aromatic carbocycles. The smallest absolute Gasteiger partial charge is 0.273 e. The van der Waals surface area contributed by atoms with Gasteiger partial charge in [-0.05, 0) is 24.3 Å². The number of aromatic nitrogens is 1. The minimum absolute atomic E-state index is 0.00461. The van der Waals surface area contributed by atoms with E-state index in [1.807, 2.05) is 6.07 Å². The van der Waals surface area contributed by atoms with E-state index in [9.17, 15) is 4.79 Å². The summed E-state index contributed by atoms with van der Waals surface area (Å²) in [4.78, 5) is 11.9. The summed E-state index contributed by atoms with van der Waals surface area (Å²) in [6.45, 7) is 0. The number of benzene rings is 1. The average molecular weight is 246 g/mol. The zero-order valence-corrected chi connectivity index (χ0v) is 9.48. The van der Waals surface area contributed by atoms with Crippen molar-refractivity contribution in [2.75, 3.05) is 5.73 Å². The molecule has 0 aliphatic rings. The fourth-order valence-corrected chi connectivity index (χ4v) is 1.69. The van der Waals surface area contributed by atoms with Crippen molar-refractivity contribution in [3.05, 3.63) is 57.5 Å². The Hall–Kier alpha value is -2.25. The van der Waals surface area contributed by atoms with E-state index in [1.165, 1.54) is 16.8 Å². The van der Waals surface area contributed by atoms with Gasteiger partial charge in [0.25, 0.3) is 5.56 Å². The molecule has 0 saturated heterocycles. The van der Waals surface area contributed by atoms with Gasteiger partial charge in [-0.3, -0.25) is 9.36 Å². The molecule has 2 N–H and O–H groups in total. The Morgan fingerprint density at radius 3 is 2.76 bits per heavy atom. The van der Waals surface area contributed by atoms with Gasteiger partial charge < -0.3 is 5.73 Å². The Morgan fingerprint density at radius 1 is 1.35 bits per heavy atom. The van der Waals surface area contributed by atoms with E-state index in [4.69, 9.17) is 22.6 Å². The van der Waals surface area contributed by atoms with Crippen LogP contribution >= 0.6 is 11.6 Å². The van der Waals surface area contributed by atoms with Crippen LogP contribution in [0.1, 0.15) is 5.56 Å². The number of nitrogens with two attached hydrogens (primary N) is 1. The van der Waals surface area contributed by atoms with Gasteiger partial charge in [-0.2, -0.15) is 5.26 Å². The summed E-state index contributed by atoms with van der Waals surface area (Å²) in [5.74, 6) is 0. The molecule has 0 atom stereocenters. The largest absolute Gasteiger partial charge is 0.397 e. The Bertz CT molecular complexity index is 670. The van der Waals surface area contributed by atoms with E-state index in [2.05, 4.69) is 0 Å². The van der Waals surface area contributed by atoms with Gasteiger partial charge in [0, 0.05) is 16.9 Å². The highest BCUT2D eigenvalue weighted by molar-refractivity contribution is 6.30. The zero-order chi connectivity index (χ0) is 12.4. The molecular formula is C12H8ClN3O. The standard InChI is InChI=1S/C12H8ClN3O/c13-9-2-1-3-11(5-9)16-7-10(15)4-8(6-14)12(16)17/h1-5,7H,15H2. The molecule has 0 radical (unpaired) electrons. The topological polar surface area (TPSA) is 71.8 Å². The molecule has 0 bridgehead atoms. The lowest BCUT2D eigenvalue weighted by molar-refractivity contribution is 0.986. The third-order valence-electron chi connectivity index (χ3n) is 2.25. The van der Waals surface area contributed by atoms with E-state index >= 15 is 0 Å². The van der Waals surface area contributed by atoms with Crippen LogP contribution in [0.4, 0.5) is 5.69 Å². The molecule has 0 spiro atoms. The van der Waals surface area contributed by atoms with E-state index in [0.717, 1.165) is 0 Å². The molecule has 0 fully saturated rings. The van der Waals surface area contributed by atoms with Crippen LogP contribution in [0, 0.1) is 11.3 Å². The van der Waals surface area contributed by atoms with Crippen molar-refractivity contribution in [3.63, 3.8) is 0 Å². The van der Waals surface area contributed by atoms with Crippen LogP contribution in [0.25, 0.3) is 5.69 Å². The molecule has 0 aliphatic heterocycles. The lowest BCUT2D eigenvalue weighted by atomic mass is 10.2. The van der Waals surface area contributed by atoms with Crippen molar-refractivity contribution in [1.82, 2.24) is 4.57 Å². The molecule has 0 saturated carbocycles. The van der Waals surface area contributed by atoms with Gasteiger partial charge in [-0.25, -0.2) is 0 Å². The molecule has 2 rings (SSSR count). The molecule has 1 heterocycles. The molecule has 2 aromatic rings. The normalized spacial score (nSPS) is 9.88. The van der Waals surface area contributed by atoms with Crippen LogP contribution in [-0.4, -0.2) is 4.57 Å². The monoisotopic (exact) mass is 245 g/mol. The van der Waals surface area contributed by atoms with Gasteiger partial charge in [0.2, 0.25) is 0 Å². The lowest BCUT2D eigenvalue weighted by Crippen LogP contribution is -2.21. The quantitative estimate of drug-likeness (QED) is 0.835. The third-order valence-corrected chi connectivity index (χ3v) is 2.48. The summed E-state index contributed by atoms with van der Waals surface area (Å²) in [6.07, 6.45) is 1.47. The van der Waals surface area contributed by atoms with Crippen molar-refractivity contribution in [1.29, 1.82) is 5.26 Å². The fourth-order valence-electron chi connectivity index (χ4n) is 1.50. The number of nitriles is 1. The molecule has 84 valence electrons. The highest BCUT2D eigenvalue weighted by atomic mass is 35.5. The number of hydrogen-bond acceptors (Lipinski definition) is 3. The average Bonchev–Trinajstić information content (AvgIpc) is 2.31. The first-order chi connectivity index (χ1) is 8.11. The number of rotatable bonds is 1. The van der Waals surface area contributed by atoms with Crippen molar-refractivity contribution >= 4 is 17.3 Å². The lowest BCUT2D eigenvalue weighted by Gasteiger charge is -2.07. The molecular weight excluding hydrogens is 238 g/mol. The van der Waals surface area contributed by atoms with E-state index in [0.29, 0.717) is 16.4 Å². The zero-order valence-electron chi connectivity index (χ0n) is 8.72. The summed E-state index contributed by atoms with van der Waals surface area (Å²) >= 11 is 5.85. The molecule has 17 heavy (non-hydrogen) atoms. The molecule has 0 aliphatic carbocycles. The summed E-state index contributed by atoms with van der Waals surface area (Å²) in [5.41, 5.74) is 6.15. The summed E-state index contributed by atoms with van der Waals surface area (Å²) in [5, 5.41) is 9.33. The van der Waals surface area contributed by atoms with Crippen LogP contribution < -0.4 is 11.3 Å². The highest BCUT2D eigenvalue weighted by Crippen LogP contribution is 2.14. The van der Waals surface area contributed by atoms with Gasteiger partial charge in [0.05, 0.1) is 5.69 Å². The van der Waals surface area contributed by atoms with E-state index in [-0.39, 0.29) is 5.56 Å². The maximum absolute atomic E-state index is 11.9.